The second-order valence-electron chi connectivity index (χ2n) is 5.06. The van der Waals surface area contributed by atoms with E-state index in [2.05, 4.69) is 29.3 Å². The highest BCUT2D eigenvalue weighted by atomic mass is 16.5. The van der Waals surface area contributed by atoms with Gasteiger partial charge in [-0.25, -0.2) is 0 Å². The van der Waals surface area contributed by atoms with Gasteiger partial charge in [-0.1, -0.05) is 25.1 Å². The summed E-state index contributed by atoms with van der Waals surface area (Å²) >= 11 is 0. The normalized spacial score (nSPS) is 20.0. The Kier molecular flexibility index (Phi) is 6.30. The van der Waals surface area contributed by atoms with E-state index in [-0.39, 0.29) is 0 Å². The molecule has 1 atom stereocenters. The number of hydrogen-bond donors (Lipinski definition) is 1. The van der Waals surface area contributed by atoms with E-state index in [1.807, 2.05) is 19.1 Å². The van der Waals surface area contributed by atoms with E-state index in [0.29, 0.717) is 12.7 Å². The van der Waals surface area contributed by atoms with Gasteiger partial charge in [0.2, 0.25) is 0 Å². The van der Waals surface area contributed by atoms with Gasteiger partial charge < -0.3 is 14.8 Å². The first-order chi connectivity index (χ1) is 9.83. The van der Waals surface area contributed by atoms with Crippen molar-refractivity contribution in [2.75, 3.05) is 39.4 Å². The molecule has 1 saturated heterocycles. The third-order valence-corrected chi connectivity index (χ3v) is 3.63. The molecule has 4 heteroatoms. The van der Waals surface area contributed by atoms with Crippen LogP contribution in [0.1, 0.15) is 19.4 Å². The van der Waals surface area contributed by atoms with Gasteiger partial charge in [0.25, 0.3) is 0 Å². The number of ether oxygens (including phenoxy) is 2. The fourth-order valence-corrected chi connectivity index (χ4v) is 2.51. The van der Waals surface area contributed by atoms with Crippen molar-refractivity contribution in [1.82, 2.24) is 10.2 Å². The molecule has 0 aliphatic carbocycles. The Morgan fingerprint density at radius 1 is 1.35 bits per heavy atom. The van der Waals surface area contributed by atoms with Gasteiger partial charge >= 0.3 is 0 Å². The summed E-state index contributed by atoms with van der Waals surface area (Å²) in [4.78, 5) is 2.43. The van der Waals surface area contributed by atoms with Crippen molar-refractivity contribution in [3.8, 4) is 5.75 Å². The molecule has 0 spiro atoms. The lowest BCUT2D eigenvalue weighted by atomic mass is 10.2. The van der Waals surface area contributed by atoms with E-state index in [4.69, 9.17) is 9.47 Å². The first-order valence-corrected chi connectivity index (χ1v) is 7.58. The Balaban J connectivity index is 1.78. The maximum atomic E-state index is 5.79. The summed E-state index contributed by atoms with van der Waals surface area (Å²) in [5, 5.41) is 3.48. The van der Waals surface area contributed by atoms with Crippen molar-refractivity contribution in [1.29, 1.82) is 0 Å². The Morgan fingerprint density at radius 3 is 3.00 bits per heavy atom. The van der Waals surface area contributed by atoms with E-state index in [9.17, 15) is 0 Å². The van der Waals surface area contributed by atoms with Crippen molar-refractivity contribution in [3.05, 3.63) is 29.8 Å². The minimum absolute atomic E-state index is 0.294. The summed E-state index contributed by atoms with van der Waals surface area (Å²) in [5.41, 5.74) is 1.21. The second kappa shape index (κ2) is 8.25. The van der Waals surface area contributed by atoms with Crippen LogP contribution in [0.2, 0.25) is 0 Å². The van der Waals surface area contributed by atoms with Crippen molar-refractivity contribution < 1.29 is 9.47 Å². The number of rotatable bonds is 7. The number of hydrogen-bond acceptors (Lipinski definition) is 4. The maximum absolute atomic E-state index is 5.79. The van der Waals surface area contributed by atoms with Gasteiger partial charge in [-0.3, -0.25) is 4.90 Å². The minimum atomic E-state index is 0.294. The number of nitrogens with one attached hydrogen (secondary N) is 1. The summed E-state index contributed by atoms with van der Waals surface area (Å²) < 4.78 is 11.4. The zero-order valence-electron chi connectivity index (χ0n) is 12.6. The first-order valence-electron chi connectivity index (χ1n) is 7.58. The molecule has 1 aliphatic heterocycles. The van der Waals surface area contributed by atoms with Gasteiger partial charge in [0.15, 0.2) is 0 Å². The largest absolute Gasteiger partial charge is 0.494 e. The lowest BCUT2D eigenvalue weighted by Gasteiger charge is -2.32. The lowest BCUT2D eigenvalue weighted by Crippen LogP contribution is -2.46. The van der Waals surface area contributed by atoms with Crippen LogP contribution in [0.25, 0.3) is 0 Å². The third kappa shape index (κ3) is 4.47. The molecule has 112 valence electrons. The van der Waals surface area contributed by atoms with Gasteiger partial charge in [0, 0.05) is 31.7 Å². The van der Waals surface area contributed by atoms with E-state index in [1.165, 1.54) is 5.56 Å². The van der Waals surface area contributed by atoms with Gasteiger partial charge in [0.1, 0.15) is 5.75 Å². The first kappa shape index (κ1) is 15.3. The second-order valence-corrected chi connectivity index (χ2v) is 5.06. The summed E-state index contributed by atoms with van der Waals surface area (Å²) in [6, 6.07) is 8.20. The lowest BCUT2D eigenvalue weighted by molar-refractivity contribution is -0.0253. The standard InChI is InChI=1S/C16H26N2O2/c1-3-18-9-10-20-15(13-18)12-17-11-14-7-5-6-8-16(14)19-4-2/h5-8,15,17H,3-4,9-13H2,1-2H3. The number of para-hydroxylation sites is 1. The average molecular weight is 278 g/mol. The number of nitrogens with zero attached hydrogens (tertiary/aromatic N) is 1. The molecule has 1 aromatic carbocycles. The van der Waals surface area contributed by atoms with Crippen molar-refractivity contribution in [3.63, 3.8) is 0 Å². The van der Waals surface area contributed by atoms with Crippen molar-refractivity contribution >= 4 is 0 Å². The molecular formula is C16H26N2O2. The van der Waals surface area contributed by atoms with E-state index < -0.39 is 0 Å². The smallest absolute Gasteiger partial charge is 0.123 e. The zero-order valence-corrected chi connectivity index (χ0v) is 12.6. The number of morpholine rings is 1. The van der Waals surface area contributed by atoms with Crippen LogP contribution >= 0.6 is 0 Å². The van der Waals surface area contributed by atoms with E-state index >= 15 is 0 Å². The summed E-state index contributed by atoms with van der Waals surface area (Å²) in [6.45, 7) is 10.7. The molecule has 20 heavy (non-hydrogen) atoms. The topological polar surface area (TPSA) is 33.7 Å². The predicted molar refractivity (Wildman–Crippen MR) is 81.2 cm³/mol. The molecule has 0 radical (unpaired) electrons. The van der Waals surface area contributed by atoms with Crippen LogP contribution in [0.15, 0.2) is 24.3 Å². The molecule has 0 bridgehead atoms. The quantitative estimate of drug-likeness (QED) is 0.826. The molecule has 0 saturated carbocycles. The molecule has 1 aliphatic rings. The molecule has 0 amide bonds. The summed E-state index contributed by atoms with van der Waals surface area (Å²) in [7, 11) is 0. The van der Waals surface area contributed by atoms with Crippen LogP contribution in [0.4, 0.5) is 0 Å². The molecule has 0 aromatic heterocycles. The van der Waals surface area contributed by atoms with Crippen LogP contribution in [0.3, 0.4) is 0 Å². The van der Waals surface area contributed by atoms with E-state index in [0.717, 1.165) is 45.1 Å². The number of likely N-dealkylation sites (N-methyl/N-ethyl adjacent to an activating group) is 1. The molecule has 1 fully saturated rings. The number of benzene rings is 1. The molecule has 4 nitrogen and oxygen atoms in total. The Labute approximate surface area is 122 Å². The van der Waals surface area contributed by atoms with Crippen molar-refractivity contribution in [2.24, 2.45) is 0 Å². The molecule has 2 rings (SSSR count). The minimum Gasteiger partial charge on any atom is -0.494 e. The maximum Gasteiger partial charge on any atom is 0.123 e. The van der Waals surface area contributed by atoms with Gasteiger partial charge in [-0.2, -0.15) is 0 Å². The average Bonchev–Trinajstić information content (AvgIpc) is 2.49. The SMILES string of the molecule is CCOc1ccccc1CNCC1CN(CC)CCO1. The van der Waals surface area contributed by atoms with Gasteiger partial charge in [-0.15, -0.1) is 0 Å². The molecule has 1 aromatic rings. The van der Waals surface area contributed by atoms with Gasteiger partial charge in [0.05, 0.1) is 19.3 Å². The van der Waals surface area contributed by atoms with Crippen LogP contribution < -0.4 is 10.1 Å². The molecule has 1 N–H and O–H groups in total. The summed E-state index contributed by atoms with van der Waals surface area (Å²) in [5.74, 6) is 0.974. The van der Waals surface area contributed by atoms with Gasteiger partial charge in [-0.05, 0) is 19.5 Å². The molecular weight excluding hydrogens is 252 g/mol. The highest BCUT2D eigenvalue weighted by Crippen LogP contribution is 2.17. The fraction of sp³-hybridized carbons (Fsp3) is 0.625. The Hall–Kier alpha value is -1.10. The highest BCUT2D eigenvalue weighted by Gasteiger charge is 2.18. The zero-order chi connectivity index (χ0) is 14.2. The molecule has 1 unspecified atom stereocenters. The monoisotopic (exact) mass is 278 g/mol. The predicted octanol–water partition coefficient (Wildman–Crippen LogP) is 1.90. The van der Waals surface area contributed by atoms with Crippen LogP contribution in [-0.2, 0) is 11.3 Å². The highest BCUT2D eigenvalue weighted by molar-refractivity contribution is 5.33. The summed E-state index contributed by atoms with van der Waals surface area (Å²) in [6.07, 6.45) is 0.294. The fourth-order valence-electron chi connectivity index (χ4n) is 2.51. The third-order valence-electron chi connectivity index (χ3n) is 3.63. The van der Waals surface area contributed by atoms with Crippen LogP contribution in [0.5, 0.6) is 5.75 Å². The van der Waals surface area contributed by atoms with Crippen LogP contribution in [-0.4, -0.2) is 50.4 Å². The Bertz CT molecular complexity index is 398. The van der Waals surface area contributed by atoms with E-state index in [1.54, 1.807) is 0 Å². The van der Waals surface area contributed by atoms with Crippen molar-refractivity contribution in [2.45, 2.75) is 26.5 Å². The van der Waals surface area contributed by atoms with Crippen LogP contribution in [0, 0.1) is 0 Å². The molecule has 1 heterocycles. The Morgan fingerprint density at radius 2 is 2.20 bits per heavy atom.